The van der Waals surface area contributed by atoms with Crippen molar-refractivity contribution in [2.24, 2.45) is 11.3 Å². The first-order valence-corrected chi connectivity index (χ1v) is 12.7. The molecule has 1 aliphatic rings. The highest BCUT2D eigenvalue weighted by molar-refractivity contribution is 5.70. The maximum absolute atomic E-state index is 14.9. The number of carbonyl (C=O) groups is 1. The number of benzene rings is 3. The molecule has 0 heterocycles. The van der Waals surface area contributed by atoms with E-state index in [-0.39, 0.29) is 23.6 Å². The van der Waals surface area contributed by atoms with E-state index in [1.54, 1.807) is 19.2 Å². The van der Waals surface area contributed by atoms with Crippen LogP contribution in [0.1, 0.15) is 55.7 Å². The summed E-state index contributed by atoms with van der Waals surface area (Å²) in [6, 6.07) is 18.5. The molecule has 4 rings (SSSR count). The van der Waals surface area contributed by atoms with Gasteiger partial charge < -0.3 is 14.6 Å². The summed E-state index contributed by atoms with van der Waals surface area (Å²) >= 11 is 0. The van der Waals surface area contributed by atoms with Crippen LogP contribution in [0.2, 0.25) is 0 Å². The van der Waals surface area contributed by atoms with Crippen LogP contribution in [0.25, 0.3) is 11.1 Å². The molecule has 1 unspecified atom stereocenters. The largest absolute Gasteiger partial charge is 0.497 e. The van der Waals surface area contributed by atoms with Gasteiger partial charge in [-0.2, -0.15) is 0 Å². The van der Waals surface area contributed by atoms with Gasteiger partial charge in [-0.3, -0.25) is 4.79 Å². The van der Waals surface area contributed by atoms with Crippen molar-refractivity contribution in [2.75, 3.05) is 7.11 Å². The molecule has 1 saturated carbocycles. The van der Waals surface area contributed by atoms with Crippen LogP contribution in [0.3, 0.4) is 0 Å². The Balaban J connectivity index is 1.59. The second kappa shape index (κ2) is 11.2. The number of allylic oxidation sites excluding steroid dienone is 1. The molecule has 3 aromatic carbocycles. The Bertz CT molecular complexity index is 1280. The Labute approximate surface area is 218 Å². The third-order valence-corrected chi connectivity index (χ3v) is 7.11. The van der Waals surface area contributed by atoms with E-state index in [1.807, 2.05) is 42.5 Å². The maximum atomic E-state index is 14.9. The predicted molar refractivity (Wildman–Crippen MR) is 145 cm³/mol. The van der Waals surface area contributed by atoms with Crippen LogP contribution in [0.4, 0.5) is 4.39 Å². The minimum Gasteiger partial charge on any atom is -0.497 e. The normalized spacial score (nSPS) is 14.2. The molecule has 1 N–H and O–H groups in total. The van der Waals surface area contributed by atoms with E-state index >= 15 is 0 Å². The number of carboxylic acids is 1. The third-order valence-electron chi connectivity index (χ3n) is 7.11. The van der Waals surface area contributed by atoms with Crippen LogP contribution in [0.5, 0.6) is 11.5 Å². The highest BCUT2D eigenvalue weighted by Gasteiger charge is 2.33. The summed E-state index contributed by atoms with van der Waals surface area (Å²) in [5, 5.41) is 9.35. The van der Waals surface area contributed by atoms with Crippen LogP contribution < -0.4 is 9.47 Å². The number of aliphatic carboxylic acids is 1. The van der Waals surface area contributed by atoms with Crippen molar-refractivity contribution < 1.29 is 23.8 Å². The lowest BCUT2D eigenvalue weighted by molar-refractivity contribution is -0.137. The molecule has 4 nitrogen and oxygen atoms in total. The van der Waals surface area contributed by atoms with Gasteiger partial charge in [0, 0.05) is 5.56 Å². The van der Waals surface area contributed by atoms with Crippen LogP contribution in [0.15, 0.2) is 73.3 Å². The first-order chi connectivity index (χ1) is 17.7. The third kappa shape index (κ3) is 6.79. The fourth-order valence-corrected chi connectivity index (χ4v) is 4.79. The molecular weight excluding hydrogens is 467 g/mol. The van der Waals surface area contributed by atoms with Gasteiger partial charge in [0.25, 0.3) is 0 Å². The molecule has 1 aliphatic carbocycles. The summed E-state index contributed by atoms with van der Waals surface area (Å²) in [7, 11) is 1.57. The first-order valence-electron chi connectivity index (χ1n) is 12.7. The summed E-state index contributed by atoms with van der Waals surface area (Å²) < 4.78 is 26.3. The molecule has 0 saturated heterocycles. The number of halogens is 1. The number of ether oxygens (including phenoxy) is 2. The number of hydrogen-bond acceptors (Lipinski definition) is 3. The average Bonchev–Trinajstić information content (AvgIpc) is 3.72. The molecule has 0 aliphatic heterocycles. The summed E-state index contributed by atoms with van der Waals surface area (Å²) in [4.78, 5) is 11.4. The monoisotopic (exact) mass is 502 g/mol. The van der Waals surface area contributed by atoms with E-state index in [1.165, 1.54) is 6.07 Å². The van der Waals surface area contributed by atoms with Crippen molar-refractivity contribution in [3.8, 4) is 22.6 Å². The fraction of sp³-hybridized carbons (Fsp3) is 0.344. The Morgan fingerprint density at radius 3 is 2.57 bits per heavy atom. The lowest BCUT2D eigenvalue weighted by Crippen LogP contribution is -2.12. The van der Waals surface area contributed by atoms with Gasteiger partial charge in [0.15, 0.2) is 0 Å². The minimum absolute atomic E-state index is 0.0193. The van der Waals surface area contributed by atoms with Crippen LogP contribution in [-0.4, -0.2) is 18.2 Å². The Morgan fingerprint density at radius 2 is 1.89 bits per heavy atom. The SMILES string of the molecule is C=CC(C)(C)Cc1cc(COc2cccc(C(CC(=O)O)C3CC3)c2)ccc1-c1cc(OC)ccc1F. The van der Waals surface area contributed by atoms with Crippen LogP contribution in [0, 0.1) is 17.2 Å². The van der Waals surface area contributed by atoms with Gasteiger partial charge in [-0.05, 0) is 89.1 Å². The fourth-order valence-electron chi connectivity index (χ4n) is 4.79. The summed E-state index contributed by atoms with van der Waals surface area (Å²) in [5.41, 5.74) is 4.12. The molecule has 0 radical (unpaired) electrons. The molecular formula is C32H35FO4. The second-order valence-electron chi connectivity index (χ2n) is 10.6. The molecule has 194 valence electrons. The number of carboxylic acid groups (broad SMARTS) is 1. The Hall–Kier alpha value is -3.60. The van der Waals surface area contributed by atoms with E-state index in [0.717, 1.165) is 35.1 Å². The predicted octanol–water partition coefficient (Wildman–Crippen LogP) is 7.80. The Kier molecular flexibility index (Phi) is 8.01. The smallest absolute Gasteiger partial charge is 0.303 e. The first kappa shape index (κ1) is 26.5. The van der Waals surface area contributed by atoms with Crippen LogP contribution >= 0.6 is 0 Å². The molecule has 1 atom stereocenters. The molecule has 1 fully saturated rings. The molecule has 5 heteroatoms. The van der Waals surface area contributed by atoms with Crippen molar-refractivity contribution in [3.05, 3.63) is 95.8 Å². The highest BCUT2D eigenvalue weighted by atomic mass is 19.1. The number of rotatable bonds is 12. The zero-order valence-corrected chi connectivity index (χ0v) is 21.8. The molecule has 3 aromatic rings. The molecule has 0 bridgehead atoms. The second-order valence-corrected chi connectivity index (χ2v) is 10.6. The van der Waals surface area contributed by atoms with Gasteiger partial charge in [-0.25, -0.2) is 4.39 Å². The standard InChI is InChI=1S/C32H35FO4/c1-5-32(2,3)19-24-15-21(9-13-27(24)29-17-25(36-4)12-14-30(29)33)20-37-26-8-6-7-23(16-26)28(18-31(34)35)22-10-11-22/h5-9,12-17,22,28H,1,10-11,18-20H2,2-4H3,(H,34,35). The van der Waals surface area contributed by atoms with Crippen molar-refractivity contribution in [3.63, 3.8) is 0 Å². The van der Waals surface area contributed by atoms with Crippen molar-refractivity contribution >= 4 is 5.97 Å². The van der Waals surface area contributed by atoms with Gasteiger partial charge in [-0.1, -0.05) is 50.3 Å². The van der Waals surface area contributed by atoms with Gasteiger partial charge in [0.05, 0.1) is 13.5 Å². The topological polar surface area (TPSA) is 55.8 Å². The zero-order valence-electron chi connectivity index (χ0n) is 21.8. The van der Waals surface area contributed by atoms with E-state index in [9.17, 15) is 14.3 Å². The lowest BCUT2D eigenvalue weighted by Gasteiger charge is -2.23. The van der Waals surface area contributed by atoms with E-state index in [2.05, 4.69) is 26.5 Å². The van der Waals surface area contributed by atoms with E-state index in [0.29, 0.717) is 36.0 Å². The summed E-state index contributed by atoms with van der Waals surface area (Å²) in [6.07, 6.45) is 4.89. The Morgan fingerprint density at radius 1 is 1.11 bits per heavy atom. The van der Waals surface area contributed by atoms with E-state index < -0.39 is 5.97 Å². The number of hydrogen-bond donors (Lipinski definition) is 1. The molecule has 37 heavy (non-hydrogen) atoms. The highest BCUT2D eigenvalue weighted by Crippen LogP contribution is 2.45. The maximum Gasteiger partial charge on any atom is 0.303 e. The van der Waals surface area contributed by atoms with Crippen molar-refractivity contribution in [1.82, 2.24) is 0 Å². The summed E-state index contributed by atoms with van der Waals surface area (Å²) in [6.45, 7) is 8.53. The van der Waals surface area contributed by atoms with Gasteiger partial charge in [0.2, 0.25) is 0 Å². The van der Waals surface area contributed by atoms with Crippen LogP contribution in [-0.2, 0) is 17.8 Å². The van der Waals surface area contributed by atoms with Gasteiger partial charge in [0.1, 0.15) is 23.9 Å². The lowest BCUT2D eigenvalue weighted by atomic mass is 9.82. The van der Waals surface area contributed by atoms with Gasteiger partial charge in [-0.15, -0.1) is 6.58 Å². The zero-order chi connectivity index (χ0) is 26.6. The van der Waals surface area contributed by atoms with Gasteiger partial charge >= 0.3 is 5.97 Å². The average molecular weight is 503 g/mol. The summed E-state index contributed by atoms with van der Waals surface area (Å²) in [5.74, 6) is 0.698. The minimum atomic E-state index is -0.772. The van der Waals surface area contributed by atoms with E-state index in [4.69, 9.17) is 9.47 Å². The molecule has 0 aromatic heterocycles. The van der Waals surface area contributed by atoms with Crippen molar-refractivity contribution in [1.29, 1.82) is 0 Å². The number of methoxy groups -OCH3 is 1. The molecule has 0 spiro atoms. The van der Waals surface area contributed by atoms with Crippen molar-refractivity contribution in [2.45, 2.75) is 52.1 Å². The quantitative estimate of drug-likeness (QED) is 0.257. The molecule has 0 amide bonds.